The van der Waals surface area contributed by atoms with Crippen LogP contribution in [0.25, 0.3) is 0 Å². The third kappa shape index (κ3) is 3.79. The van der Waals surface area contributed by atoms with Crippen molar-refractivity contribution in [3.8, 4) is 0 Å². The van der Waals surface area contributed by atoms with Gasteiger partial charge in [-0.05, 0) is 20.3 Å². The van der Waals surface area contributed by atoms with Gasteiger partial charge >= 0.3 is 0 Å². The van der Waals surface area contributed by atoms with Gasteiger partial charge in [0.25, 0.3) is 0 Å². The average Bonchev–Trinajstić information content (AvgIpc) is 3.06. The van der Waals surface area contributed by atoms with Gasteiger partial charge in [-0.1, -0.05) is 6.92 Å². The highest BCUT2D eigenvalue weighted by atomic mass is 16.5. The van der Waals surface area contributed by atoms with E-state index in [0.29, 0.717) is 6.54 Å². The summed E-state index contributed by atoms with van der Waals surface area (Å²) in [4.78, 5) is 18.5. The zero-order chi connectivity index (χ0) is 15.3. The predicted molar refractivity (Wildman–Crippen MR) is 78.8 cm³/mol. The van der Waals surface area contributed by atoms with Crippen LogP contribution in [0.2, 0.25) is 0 Å². The van der Waals surface area contributed by atoms with Gasteiger partial charge in [0.05, 0.1) is 13.2 Å². The van der Waals surface area contributed by atoms with Crippen LogP contribution >= 0.6 is 0 Å². The highest BCUT2D eigenvalue weighted by molar-refractivity contribution is 5.79. The number of nitrogens with zero attached hydrogens (tertiary/aromatic N) is 4. The first-order valence-corrected chi connectivity index (χ1v) is 7.51. The standard InChI is InChI=1S/C14H25N5O2/c1-4-14(3,18-5-7-21-8-6-18)9-16-13(20)12(2)19-11-15-10-17-19/h10-12H,4-9H2,1-3H3,(H,16,20)/t12-,14+/m0/s1. The lowest BCUT2D eigenvalue weighted by molar-refractivity contribution is -0.125. The van der Waals surface area contributed by atoms with Gasteiger partial charge in [0.15, 0.2) is 0 Å². The fraction of sp³-hybridized carbons (Fsp3) is 0.786. The van der Waals surface area contributed by atoms with Gasteiger partial charge in [-0.25, -0.2) is 9.67 Å². The summed E-state index contributed by atoms with van der Waals surface area (Å²) >= 11 is 0. The average molecular weight is 295 g/mol. The minimum atomic E-state index is -0.349. The van der Waals surface area contributed by atoms with E-state index in [1.54, 1.807) is 11.0 Å². The molecule has 0 saturated carbocycles. The van der Waals surface area contributed by atoms with Gasteiger partial charge in [0.2, 0.25) is 5.91 Å². The third-order valence-corrected chi connectivity index (χ3v) is 4.39. The number of morpholine rings is 1. The summed E-state index contributed by atoms with van der Waals surface area (Å²) in [7, 11) is 0. The van der Waals surface area contributed by atoms with Crippen LogP contribution in [0.3, 0.4) is 0 Å². The summed E-state index contributed by atoms with van der Waals surface area (Å²) in [6, 6.07) is -0.349. The van der Waals surface area contributed by atoms with Crippen molar-refractivity contribution in [1.82, 2.24) is 25.0 Å². The van der Waals surface area contributed by atoms with E-state index >= 15 is 0 Å². The second-order valence-electron chi connectivity index (χ2n) is 5.72. The van der Waals surface area contributed by atoms with Crippen molar-refractivity contribution in [2.24, 2.45) is 0 Å². The smallest absolute Gasteiger partial charge is 0.244 e. The molecule has 2 atom stereocenters. The number of hydrogen-bond donors (Lipinski definition) is 1. The lowest BCUT2D eigenvalue weighted by Gasteiger charge is -2.43. The van der Waals surface area contributed by atoms with Gasteiger partial charge in [-0.3, -0.25) is 9.69 Å². The molecule has 0 aliphatic carbocycles. The molecule has 21 heavy (non-hydrogen) atoms. The monoisotopic (exact) mass is 295 g/mol. The zero-order valence-corrected chi connectivity index (χ0v) is 13.1. The first-order chi connectivity index (χ1) is 10.1. The Morgan fingerprint density at radius 3 is 2.76 bits per heavy atom. The molecule has 0 bridgehead atoms. The molecular formula is C14H25N5O2. The first kappa shape index (κ1) is 15.9. The molecule has 0 aromatic carbocycles. The molecule has 1 N–H and O–H groups in total. The van der Waals surface area contributed by atoms with Crippen molar-refractivity contribution >= 4 is 5.91 Å². The molecule has 1 fully saturated rings. The lowest BCUT2D eigenvalue weighted by atomic mass is 9.95. The number of rotatable bonds is 6. The molecular weight excluding hydrogens is 270 g/mol. The predicted octanol–water partition coefficient (Wildman–Crippen LogP) is 0.456. The Hall–Kier alpha value is -1.47. The number of hydrogen-bond acceptors (Lipinski definition) is 5. The van der Waals surface area contributed by atoms with Crippen molar-refractivity contribution in [2.75, 3.05) is 32.8 Å². The summed E-state index contributed by atoms with van der Waals surface area (Å²) in [6.45, 7) is 10.2. The van der Waals surface area contributed by atoms with Crippen LogP contribution in [-0.2, 0) is 9.53 Å². The second-order valence-corrected chi connectivity index (χ2v) is 5.72. The topological polar surface area (TPSA) is 72.3 Å². The van der Waals surface area contributed by atoms with Gasteiger partial charge < -0.3 is 10.1 Å². The van der Waals surface area contributed by atoms with E-state index in [1.165, 1.54) is 6.33 Å². The maximum atomic E-state index is 12.2. The molecule has 1 amide bonds. The molecule has 1 aliphatic heterocycles. The molecule has 7 nitrogen and oxygen atoms in total. The van der Waals surface area contributed by atoms with E-state index in [-0.39, 0.29) is 17.5 Å². The minimum Gasteiger partial charge on any atom is -0.379 e. The molecule has 1 aromatic rings. The second kappa shape index (κ2) is 7.00. The molecule has 1 aliphatic rings. The molecule has 0 spiro atoms. The van der Waals surface area contributed by atoms with Crippen molar-refractivity contribution in [3.05, 3.63) is 12.7 Å². The quantitative estimate of drug-likeness (QED) is 0.825. The highest BCUT2D eigenvalue weighted by Gasteiger charge is 2.32. The Bertz CT molecular complexity index is 444. The zero-order valence-electron chi connectivity index (χ0n) is 13.1. The lowest BCUT2D eigenvalue weighted by Crippen LogP contribution is -2.57. The number of carbonyl (C=O) groups excluding carboxylic acids is 1. The Labute approximate surface area is 125 Å². The molecule has 0 unspecified atom stereocenters. The Balaban J connectivity index is 1.91. The maximum Gasteiger partial charge on any atom is 0.244 e. The van der Waals surface area contributed by atoms with Gasteiger partial charge in [0.1, 0.15) is 18.7 Å². The van der Waals surface area contributed by atoms with Crippen molar-refractivity contribution in [3.63, 3.8) is 0 Å². The van der Waals surface area contributed by atoms with Crippen molar-refractivity contribution in [2.45, 2.75) is 38.8 Å². The molecule has 118 valence electrons. The number of aromatic nitrogens is 3. The molecule has 2 heterocycles. The van der Waals surface area contributed by atoms with E-state index < -0.39 is 0 Å². The van der Waals surface area contributed by atoms with Crippen LogP contribution in [0.1, 0.15) is 33.2 Å². The summed E-state index contributed by atoms with van der Waals surface area (Å²) in [6.07, 6.45) is 3.98. The van der Waals surface area contributed by atoms with Crippen molar-refractivity contribution < 1.29 is 9.53 Å². The van der Waals surface area contributed by atoms with E-state index in [0.717, 1.165) is 32.7 Å². The molecule has 7 heteroatoms. The van der Waals surface area contributed by atoms with Gasteiger partial charge in [0, 0.05) is 25.2 Å². The normalized spacial score (nSPS) is 20.7. The fourth-order valence-electron chi connectivity index (χ4n) is 2.53. The number of carbonyl (C=O) groups is 1. The van der Waals surface area contributed by atoms with Gasteiger partial charge in [-0.2, -0.15) is 5.10 Å². The SMILES string of the molecule is CC[C@](C)(CNC(=O)[C@H](C)n1cncn1)N1CCOCC1. The van der Waals surface area contributed by atoms with E-state index in [4.69, 9.17) is 4.74 Å². The van der Waals surface area contributed by atoms with Crippen LogP contribution in [0.4, 0.5) is 0 Å². The van der Waals surface area contributed by atoms with E-state index in [9.17, 15) is 4.79 Å². The Kier molecular flexibility index (Phi) is 5.30. The summed E-state index contributed by atoms with van der Waals surface area (Å²) in [5.41, 5.74) is -0.0402. The summed E-state index contributed by atoms with van der Waals surface area (Å²) in [5.74, 6) is -0.0339. The van der Waals surface area contributed by atoms with Crippen LogP contribution in [0.5, 0.6) is 0 Å². The first-order valence-electron chi connectivity index (χ1n) is 7.51. The summed E-state index contributed by atoms with van der Waals surface area (Å²) in [5, 5.41) is 7.06. The van der Waals surface area contributed by atoms with Crippen LogP contribution < -0.4 is 5.32 Å². The minimum absolute atomic E-state index is 0.0339. The number of nitrogens with one attached hydrogen (secondary N) is 1. The maximum absolute atomic E-state index is 12.2. The third-order valence-electron chi connectivity index (χ3n) is 4.39. The van der Waals surface area contributed by atoms with E-state index in [2.05, 4.69) is 34.1 Å². The van der Waals surface area contributed by atoms with Crippen LogP contribution in [0, 0.1) is 0 Å². The number of amides is 1. The fourth-order valence-corrected chi connectivity index (χ4v) is 2.53. The molecule has 1 saturated heterocycles. The number of ether oxygens (including phenoxy) is 1. The molecule has 1 aromatic heterocycles. The Morgan fingerprint density at radius 1 is 1.48 bits per heavy atom. The van der Waals surface area contributed by atoms with Crippen molar-refractivity contribution in [1.29, 1.82) is 0 Å². The highest BCUT2D eigenvalue weighted by Crippen LogP contribution is 2.20. The summed E-state index contributed by atoms with van der Waals surface area (Å²) < 4.78 is 6.97. The van der Waals surface area contributed by atoms with Crippen LogP contribution in [0.15, 0.2) is 12.7 Å². The van der Waals surface area contributed by atoms with Gasteiger partial charge in [-0.15, -0.1) is 0 Å². The van der Waals surface area contributed by atoms with Crippen LogP contribution in [-0.4, -0.2) is 64.0 Å². The molecule has 0 radical (unpaired) electrons. The van der Waals surface area contributed by atoms with E-state index in [1.807, 2.05) is 6.92 Å². The Morgan fingerprint density at radius 2 is 2.19 bits per heavy atom. The largest absolute Gasteiger partial charge is 0.379 e. The molecule has 2 rings (SSSR count).